The van der Waals surface area contributed by atoms with Crippen LogP contribution in [-0.2, 0) is 0 Å². The number of rotatable bonds is 1. The minimum absolute atomic E-state index is 0.781. The highest BCUT2D eigenvalue weighted by molar-refractivity contribution is 5.35. The molecule has 0 spiro atoms. The van der Waals surface area contributed by atoms with Crippen LogP contribution in [0.15, 0.2) is 36.4 Å². The van der Waals surface area contributed by atoms with Crippen LogP contribution in [0, 0.1) is 24.7 Å². The molecule has 1 aliphatic rings. The molecule has 0 heterocycles. The first kappa shape index (κ1) is 11.0. The molecule has 2 rings (SSSR count). The van der Waals surface area contributed by atoms with Crippen LogP contribution in [0.5, 0.6) is 0 Å². The molecule has 1 aromatic carbocycles. The molecule has 0 aromatic heterocycles. The fraction of sp³-hybridized carbons (Fsp3) is 0.375. The van der Waals surface area contributed by atoms with Crippen molar-refractivity contribution in [2.24, 2.45) is 5.92 Å². The molecular weight excluding hydrogens is 192 g/mol. The van der Waals surface area contributed by atoms with Crippen LogP contribution in [0.4, 0.5) is 0 Å². The Morgan fingerprint density at radius 1 is 1.19 bits per heavy atom. The van der Waals surface area contributed by atoms with Crippen LogP contribution < -0.4 is 0 Å². The van der Waals surface area contributed by atoms with E-state index in [4.69, 9.17) is 0 Å². The van der Waals surface area contributed by atoms with E-state index in [1.807, 2.05) is 0 Å². The van der Waals surface area contributed by atoms with Crippen LogP contribution >= 0.6 is 0 Å². The van der Waals surface area contributed by atoms with E-state index in [-0.39, 0.29) is 0 Å². The summed E-state index contributed by atoms with van der Waals surface area (Å²) in [7, 11) is 0. The zero-order valence-electron chi connectivity index (χ0n) is 9.87. The Labute approximate surface area is 98.4 Å². The van der Waals surface area contributed by atoms with Gasteiger partial charge in [-0.1, -0.05) is 41.7 Å². The Morgan fingerprint density at radius 2 is 2.00 bits per heavy atom. The molecule has 0 N–H and O–H groups in total. The first-order valence-corrected chi connectivity index (χ1v) is 6.05. The Kier molecular flexibility index (Phi) is 3.83. The molecule has 1 aromatic rings. The van der Waals surface area contributed by atoms with Gasteiger partial charge < -0.3 is 0 Å². The highest BCUT2D eigenvalue weighted by Crippen LogP contribution is 2.20. The third-order valence-corrected chi connectivity index (χ3v) is 3.05. The lowest BCUT2D eigenvalue weighted by molar-refractivity contribution is 0.492. The highest BCUT2D eigenvalue weighted by Gasteiger charge is 2.07. The van der Waals surface area contributed by atoms with Crippen molar-refractivity contribution in [1.29, 1.82) is 0 Å². The molecule has 0 heteroatoms. The quantitative estimate of drug-likeness (QED) is 0.483. The van der Waals surface area contributed by atoms with E-state index >= 15 is 0 Å². The molecule has 16 heavy (non-hydrogen) atoms. The molecule has 0 nitrogen and oxygen atoms in total. The van der Waals surface area contributed by atoms with E-state index in [2.05, 4.69) is 55.2 Å². The molecule has 0 radical (unpaired) electrons. The van der Waals surface area contributed by atoms with Crippen molar-refractivity contribution in [2.45, 2.75) is 32.6 Å². The fourth-order valence-electron chi connectivity index (χ4n) is 1.98. The average Bonchev–Trinajstić information content (AvgIpc) is 2.33. The standard InChI is InChI=1S/C16H18/c1-14-10-12-16(13-11-14)9-5-8-15-6-3-2-4-7-15/h2-3,10-13,15H,4,6-8H2,1H3/t15-/m0/s1. The summed E-state index contributed by atoms with van der Waals surface area (Å²) in [4.78, 5) is 0. The maximum Gasteiger partial charge on any atom is 0.0245 e. The van der Waals surface area contributed by atoms with Crippen molar-refractivity contribution < 1.29 is 0 Å². The zero-order valence-corrected chi connectivity index (χ0v) is 9.87. The average molecular weight is 210 g/mol. The van der Waals surface area contributed by atoms with Gasteiger partial charge in [-0.2, -0.15) is 0 Å². The Bertz CT molecular complexity index is 412. The van der Waals surface area contributed by atoms with Gasteiger partial charge in [-0.3, -0.25) is 0 Å². The number of aryl methyl sites for hydroxylation is 1. The van der Waals surface area contributed by atoms with Gasteiger partial charge in [0, 0.05) is 12.0 Å². The maximum absolute atomic E-state index is 3.31. The second-order valence-corrected chi connectivity index (χ2v) is 4.52. The minimum atomic E-state index is 0.781. The topological polar surface area (TPSA) is 0 Å². The van der Waals surface area contributed by atoms with Gasteiger partial charge in [0.05, 0.1) is 0 Å². The Balaban J connectivity index is 1.89. The van der Waals surface area contributed by atoms with Gasteiger partial charge in [-0.15, -0.1) is 0 Å². The number of hydrogen-bond acceptors (Lipinski definition) is 0. The molecule has 1 aliphatic carbocycles. The zero-order chi connectivity index (χ0) is 11.2. The van der Waals surface area contributed by atoms with Gasteiger partial charge in [0.2, 0.25) is 0 Å². The van der Waals surface area contributed by atoms with Crippen molar-refractivity contribution in [3.8, 4) is 11.8 Å². The van der Waals surface area contributed by atoms with Crippen molar-refractivity contribution in [3.63, 3.8) is 0 Å². The van der Waals surface area contributed by atoms with Crippen molar-refractivity contribution in [1.82, 2.24) is 0 Å². The summed E-state index contributed by atoms with van der Waals surface area (Å²) >= 11 is 0. The minimum Gasteiger partial charge on any atom is -0.0976 e. The number of benzene rings is 1. The molecule has 0 bridgehead atoms. The van der Waals surface area contributed by atoms with Crippen molar-refractivity contribution >= 4 is 0 Å². The van der Waals surface area contributed by atoms with E-state index in [9.17, 15) is 0 Å². The molecule has 0 saturated carbocycles. The van der Waals surface area contributed by atoms with E-state index in [1.165, 1.54) is 24.8 Å². The number of hydrogen-bond donors (Lipinski definition) is 0. The van der Waals surface area contributed by atoms with E-state index in [0.717, 1.165) is 17.9 Å². The van der Waals surface area contributed by atoms with Crippen LogP contribution in [-0.4, -0.2) is 0 Å². The molecular formula is C16H18. The summed E-state index contributed by atoms with van der Waals surface area (Å²) in [6, 6.07) is 8.44. The molecule has 1 atom stereocenters. The van der Waals surface area contributed by atoms with Gasteiger partial charge in [0.25, 0.3) is 0 Å². The monoisotopic (exact) mass is 210 g/mol. The summed E-state index contributed by atoms with van der Waals surface area (Å²) in [5.41, 5.74) is 2.43. The number of allylic oxidation sites excluding steroid dienone is 2. The largest absolute Gasteiger partial charge is 0.0976 e. The molecule has 82 valence electrons. The maximum atomic E-state index is 3.31. The van der Waals surface area contributed by atoms with E-state index < -0.39 is 0 Å². The summed E-state index contributed by atoms with van der Waals surface area (Å²) in [6.07, 6.45) is 9.36. The van der Waals surface area contributed by atoms with Gasteiger partial charge >= 0.3 is 0 Å². The van der Waals surface area contributed by atoms with E-state index in [0.29, 0.717) is 0 Å². The summed E-state index contributed by atoms with van der Waals surface area (Å²) in [6.45, 7) is 2.10. The van der Waals surface area contributed by atoms with Crippen LogP contribution in [0.25, 0.3) is 0 Å². The second kappa shape index (κ2) is 5.56. The van der Waals surface area contributed by atoms with Crippen LogP contribution in [0.2, 0.25) is 0 Å². The highest BCUT2D eigenvalue weighted by atomic mass is 14.1. The predicted molar refractivity (Wildman–Crippen MR) is 69.2 cm³/mol. The lowest BCUT2D eigenvalue weighted by Gasteiger charge is -2.13. The lowest BCUT2D eigenvalue weighted by atomic mass is 9.92. The normalized spacial score (nSPS) is 18.9. The van der Waals surface area contributed by atoms with Crippen LogP contribution in [0.1, 0.15) is 36.8 Å². The van der Waals surface area contributed by atoms with Crippen molar-refractivity contribution in [2.75, 3.05) is 0 Å². The Morgan fingerprint density at radius 3 is 2.69 bits per heavy atom. The summed E-state index contributed by atoms with van der Waals surface area (Å²) < 4.78 is 0. The van der Waals surface area contributed by atoms with E-state index in [1.54, 1.807) is 0 Å². The summed E-state index contributed by atoms with van der Waals surface area (Å²) in [5.74, 6) is 7.33. The van der Waals surface area contributed by atoms with Gasteiger partial charge in [0.15, 0.2) is 0 Å². The SMILES string of the molecule is Cc1ccc(C#CC[C@H]2CC=CCC2)cc1. The summed E-state index contributed by atoms with van der Waals surface area (Å²) in [5, 5.41) is 0. The smallest absolute Gasteiger partial charge is 0.0245 e. The molecule has 0 saturated heterocycles. The lowest BCUT2D eigenvalue weighted by Crippen LogP contribution is -2.00. The third-order valence-electron chi connectivity index (χ3n) is 3.05. The van der Waals surface area contributed by atoms with Gasteiger partial charge in [-0.25, -0.2) is 0 Å². The fourth-order valence-corrected chi connectivity index (χ4v) is 1.98. The second-order valence-electron chi connectivity index (χ2n) is 4.52. The van der Waals surface area contributed by atoms with Gasteiger partial charge in [0.1, 0.15) is 0 Å². The molecule has 0 amide bonds. The predicted octanol–water partition coefficient (Wildman–Crippen LogP) is 4.09. The first-order chi connectivity index (χ1) is 7.84. The Hall–Kier alpha value is -1.48. The molecule has 0 aliphatic heterocycles. The third kappa shape index (κ3) is 3.28. The molecule has 0 fully saturated rings. The molecule has 0 unspecified atom stereocenters. The van der Waals surface area contributed by atoms with Gasteiger partial charge in [-0.05, 0) is 44.2 Å². The van der Waals surface area contributed by atoms with Crippen LogP contribution in [0.3, 0.4) is 0 Å². The first-order valence-electron chi connectivity index (χ1n) is 6.05. The van der Waals surface area contributed by atoms with Crippen molar-refractivity contribution in [3.05, 3.63) is 47.5 Å².